The molecule has 1 atom stereocenters. The lowest BCUT2D eigenvalue weighted by atomic mass is 10.2. The number of nitrogens with one attached hydrogen (secondary N) is 1. The van der Waals surface area contributed by atoms with E-state index in [2.05, 4.69) is 10.3 Å². The first-order chi connectivity index (χ1) is 8.85. The Morgan fingerprint density at radius 1 is 1.58 bits per heavy atom. The molecule has 0 spiro atoms. The monoisotopic (exact) mass is 286 g/mol. The molecule has 1 rings (SSSR count). The Balaban J connectivity index is 2.67. The highest BCUT2D eigenvalue weighted by atomic mass is 32.1. The zero-order valence-electron chi connectivity index (χ0n) is 11.4. The molecule has 0 aliphatic rings. The summed E-state index contributed by atoms with van der Waals surface area (Å²) in [6, 6.07) is -0.809. The van der Waals surface area contributed by atoms with Crippen molar-refractivity contribution in [1.82, 2.24) is 10.3 Å². The highest BCUT2D eigenvalue weighted by molar-refractivity contribution is 7.09. The van der Waals surface area contributed by atoms with Crippen LogP contribution < -0.4 is 5.32 Å². The Bertz CT molecular complexity index is 439. The van der Waals surface area contributed by atoms with Crippen molar-refractivity contribution in [3.05, 3.63) is 16.1 Å². The minimum absolute atomic E-state index is 0.378. The minimum Gasteiger partial charge on any atom is -0.444 e. The number of methoxy groups -OCH3 is 1. The number of thiazole rings is 1. The summed E-state index contributed by atoms with van der Waals surface area (Å²) in [6.07, 6.45) is -0.0267. The van der Waals surface area contributed by atoms with Crippen molar-refractivity contribution in [1.29, 1.82) is 0 Å². The van der Waals surface area contributed by atoms with Gasteiger partial charge >= 0.3 is 6.09 Å². The van der Waals surface area contributed by atoms with Crippen LogP contribution in [-0.4, -0.2) is 30.1 Å². The maximum absolute atomic E-state index is 11.6. The lowest BCUT2D eigenvalue weighted by Gasteiger charge is -2.21. The van der Waals surface area contributed by atoms with E-state index in [1.165, 1.54) is 11.3 Å². The number of aromatic nitrogens is 1. The van der Waals surface area contributed by atoms with Gasteiger partial charge < -0.3 is 19.6 Å². The molecule has 0 saturated carbocycles. The van der Waals surface area contributed by atoms with Crippen LogP contribution in [0, 0.1) is 0 Å². The molecule has 1 aromatic heterocycles. The third kappa shape index (κ3) is 5.35. The van der Waals surface area contributed by atoms with Gasteiger partial charge in [0.25, 0.3) is 0 Å². The van der Waals surface area contributed by atoms with E-state index in [9.17, 15) is 9.59 Å². The Morgan fingerprint density at radius 2 is 2.26 bits per heavy atom. The summed E-state index contributed by atoms with van der Waals surface area (Å²) in [5.74, 6) is 0. The smallest absolute Gasteiger partial charge is 0.408 e. The van der Waals surface area contributed by atoms with Crippen molar-refractivity contribution >= 4 is 23.7 Å². The van der Waals surface area contributed by atoms with Gasteiger partial charge in [-0.25, -0.2) is 9.78 Å². The number of rotatable bonds is 5. The van der Waals surface area contributed by atoms with E-state index in [1.807, 2.05) is 0 Å². The molecular weight excluding hydrogens is 268 g/mol. The average molecular weight is 286 g/mol. The van der Waals surface area contributed by atoms with Crippen molar-refractivity contribution in [2.45, 2.75) is 39.0 Å². The van der Waals surface area contributed by atoms with Gasteiger partial charge in [-0.15, -0.1) is 11.3 Å². The van der Waals surface area contributed by atoms with Gasteiger partial charge in [0.15, 0.2) is 0 Å². The Kier molecular flexibility index (Phi) is 5.44. The average Bonchev–Trinajstić information content (AvgIpc) is 2.72. The van der Waals surface area contributed by atoms with Crippen LogP contribution in [0.1, 0.15) is 37.5 Å². The summed E-state index contributed by atoms with van der Waals surface area (Å²) in [7, 11) is 1.57. The number of hydrogen-bond donors (Lipinski definition) is 1. The molecule has 0 bridgehead atoms. The van der Waals surface area contributed by atoms with Crippen molar-refractivity contribution in [2.24, 2.45) is 0 Å². The number of hydrogen-bond acceptors (Lipinski definition) is 6. The van der Waals surface area contributed by atoms with Crippen LogP contribution in [0.4, 0.5) is 4.79 Å². The van der Waals surface area contributed by atoms with E-state index < -0.39 is 17.7 Å². The molecule has 0 fully saturated rings. The first-order valence-electron chi connectivity index (χ1n) is 5.73. The van der Waals surface area contributed by atoms with Crippen molar-refractivity contribution in [3.8, 4) is 0 Å². The van der Waals surface area contributed by atoms with Crippen LogP contribution in [0.15, 0.2) is 5.38 Å². The molecule has 1 amide bonds. The predicted molar refractivity (Wildman–Crippen MR) is 71.0 cm³/mol. The fourth-order valence-corrected chi connectivity index (χ4v) is 2.07. The van der Waals surface area contributed by atoms with Gasteiger partial charge in [0.05, 0.1) is 12.3 Å². The standard InChI is InChI=1S/C12H18N2O4S/c1-12(2,3)18-11(16)14-8(5-15)9-7-19-10(13-9)6-17-4/h5,7-8H,6H2,1-4H3,(H,14,16). The maximum atomic E-state index is 11.6. The highest BCUT2D eigenvalue weighted by Crippen LogP contribution is 2.17. The number of ether oxygens (including phenoxy) is 2. The number of amides is 1. The second kappa shape index (κ2) is 6.63. The molecule has 1 heterocycles. The maximum Gasteiger partial charge on any atom is 0.408 e. The topological polar surface area (TPSA) is 77.5 Å². The number of aldehydes is 1. The fraction of sp³-hybridized carbons (Fsp3) is 0.583. The van der Waals surface area contributed by atoms with Gasteiger partial charge in [0, 0.05) is 12.5 Å². The lowest BCUT2D eigenvalue weighted by Crippen LogP contribution is -2.35. The molecule has 0 aromatic carbocycles. The van der Waals surface area contributed by atoms with Crippen LogP contribution in [0.5, 0.6) is 0 Å². The molecule has 0 radical (unpaired) electrons. The number of carbonyl (C=O) groups is 2. The zero-order valence-corrected chi connectivity index (χ0v) is 12.2. The van der Waals surface area contributed by atoms with Crippen molar-refractivity contribution < 1.29 is 19.1 Å². The van der Waals surface area contributed by atoms with Gasteiger partial charge in [-0.2, -0.15) is 0 Å². The molecule has 6 nitrogen and oxygen atoms in total. The molecule has 1 unspecified atom stereocenters. The minimum atomic E-state index is -0.809. The molecule has 0 saturated heterocycles. The zero-order chi connectivity index (χ0) is 14.5. The van der Waals surface area contributed by atoms with E-state index in [0.29, 0.717) is 18.6 Å². The number of carbonyl (C=O) groups excluding carboxylic acids is 2. The van der Waals surface area contributed by atoms with E-state index >= 15 is 0 Å². The number of alkyl carbamates (subject to hydrolysis) is 1. The number of nitrogens with zero attached hydrogens (tertiary/aromatic N) is 1. The first-order valence-corrected chi connectivity index (χ1v) is 6.61. The molecule has 19 heavy (non-hydrogen) atoms. The second-order valence-corrected chi connectivity index (χ2v) is 5.80. The lowest BCUT2D eigenvalue weighted by molar-refractivity contribution is -0.109. The van der Waals surface area contributed by atoms with Gasteiger partial charge in [0.2, 0.25) is 0 Å². The molecule has 1 aromatic rings. The van der Waals surface area contributed by atoms with Gasteiger partial charge in [-0.05, 0) is 20.8 Å². The SMILES string of the molecule is COCc1nc(C(C=O)NC(=O)OC(C)(C)C)cs1. The van der Waals surface area contributed by atoms with E-state index in [1.54, 1.807) is 33.3 Å². The van der Waals surface area contributed by atoms with Crippen molar-refractivity contribution in [3.63, 3.8) is 0 Å². The summed E-state index contributed by atoms with van der Waals surface area (Å²) >= 11 is 1.37. The molecule has 1 N–H and O–H groups in total. The molecular formula is C12H18N2O4S. The Morgan fingerprint density at radius 3 is 2.79 bits per heavy atom. The van der Waals surface area contributed by atoms with Gasteiger partial charge in [-0.1, -0.05) is 0 Å². The van der Waals surface area contributed by atoms with Crippen LogP contribution in [0.3, 0.4) is 0 Å². The van der Waals surface area contributed by atoms with Crippen LogP contribution in [0.25, 0.3) is 0 Å². The Labute approximate surface area is 116 Å². The third-order valence-corrected chi connectivity index (χ3v) is 2.80. The van der Waals surface area contributed by atoms with E-state index in [0.717, 1.165) is 5.01 Å². The summed E-state index contributed by atoms with van der Waals surface area (Å²) in [4.78, 5) is 26.8. The van der Waals surface area contributed by atoms with Crippen LogP contribution in [-0.2, 0) is 20.9 Å². The highest BCUT2D eigenvalue weighted by Gasteiger charge is 2.21. The molecule has 7 heteroatoms. The predicted octanol–water partition coefficient (Wildman–Crippen LogP) is 2.05. The summed E-state index contributed by atoms with van der Waals surface area (Å²) in [5, 5.41) is 4.93. The summed E-state index contributed by atoms with van der Waals surface area (Å²) in [5.41, 5.74) is -0.126. The van der Waals surface area contributed by atoms with E-state index in [4.69, 9.17) is 9.47 Å². The fourth-order valence-electron chi connectivity index (χ4n) is 1.27. The third-order valence-electron chi connectivity index (χ3n) is 1.96. The molecule has 0 aliphatic heterocycles. The van der Waals surface area contributed by atoms with Crippen LogP contribution >= 0.6 is 11.3 Å². The van der Waals surface area contributed by atoms with Crippen LogP contribution in [0.2, 0.25) is 0 Å². The normalized spacial score (nSPS) is 12.8. The quantitative estimate of drug-likeness (QED) is 0.838. The van der Waals surface area contributed by atoms with E-state index in [-0.39, 0.29) is 0 Å². The summed E-state index contributed by atoms with van der Waals surface area (Å²) in [6.45, 7) is 5.63. The largest absolute Gasteiger partial charge is 0.444 e. The Hall–Kier alpha value is -1.47. The summed E-state index contributed by atoms with van der Waals surface area (Å²) < 4.78 is 10.0. The molecule has 0 aliphatic carbocycles. The van der Waals surface area contributed by atoms with Gasteiger partial charge in [-0.3, -0.25) is 0 Å². The van der Waals surface area contributed by atoms with Crippen molar-refractivity contribution in [2.75, 3.05) is 7.11 Å². The second-order valence-electron chi connectivity index (χ2n) is 4.86. The van der Waals surface area contributed by atoms with Gasteiger partial charge in [0.1, 0.15) is 22.9 Å². The first kappa shape index (κ1) is 15.6. The molecule has 106 valence electrons.